The van der Waals surface area contributed by atoms with Crippen molar-refractivity contribution in [1.82, 2.24) is 0 Å². The molecule has 100 valence electrons. The third-order valence-electron chi connectivity index (χ3n) is 2.00. The van der Waals surface area contributed by atoms with Gasteiger partial charge in [0.05, 0.1) is 18.6 Å². The Kier molecular flexibility index (Phi) is 4.36. The number of halogens is 1. The van der Waals surface area contributed by atoms with Crippen LogP contribution in [0.5, 0.6) is 11.5 Å². The molecule has 0 bridgehead atoms. The Labute approximate surface area is 108 Å². The fraction of sp³-hybridized carbons (Fsp3) is 0.333. The minimum Gasteiger partial charge on any atom is -0.495 e. The van der Waals surface area contributed by atoms with E-state index in [0.29, 0.717) is 0 Å². The van der Waals surface area contributed by atoms with Crippen molar-refractivity contribution in [2.45, 2.75) is 11.8 Å². The Bertz CT molecular complexity index is 571. The van der Waals surface area contributed by atoms with E-state index in [-0.39, 0.29) is 12.4 Å². The van der Waals surface area contributed by atoms with Gasteiger partial charge in [-0.15, -0.1) is 0 Å². The van der Waals surface area contributed by atoms with Gasteiger partial charge in [0.2, 0.25) is 5.75 Å². The molecule has 1 aromatic carbocycles. The normalized spacial score (nSPS) is 11.1. The largest absolute Gasteiger partial charge is 0.495 e. The van der Waals surface area contributed by atoms with Crippen LogP contribution in [0.2, 0.25) is 0 Å². The molecule has 9 heteroatoms. The molecule has 0 aromatic heterocycles. The van der Waals surface area contributed by atoms with Crippen molar-refractivity contribution in [3.63, 3.8) is 0 Å². The first-order chi connectivity index (χ1) is 8.32. The lowest BCUT2D eigenvalue weighted by atomic mass is 10.2. The van der Waals surface area contributed by atoms with Gasteiger partial charge in [-0.1, -0.05) is 0 Å². The van der Waals surface area contributed by atoms with E-state index in [1.807, 2.05) is 0 Å². The Morgan fingerprint density at radius 3 is 2.44 bits per heavy atom. The first kappa shape index (κ1) is 14.5. The first-order valence-corrected chi connectivity index (χ1v) is 7.06. The quantitative estimate of drug-likeness (QED) is 0.468. The number of nitrogens with zero attached hydrogens (tertiary/aromatic N) is 1. The molecule has 1 rings (SSSR count). The first-order valence-electron chi connectivity index (χ1n) is 4.75. The third-order valence-corrected chi connectivity index (χ3v) is 3.34. The van der Waals surface area contributed by atoms with Gasteiger partial charge in [0.15, 0.2) is 4.90 Å². The Morgan fingerprint density at radius 1 is 1.44 bits per heavy atom. The number of hydrogen-bond acceptors (Lipinski definition) is 6. The summed E-state index contributed by atoms with van der Waals surface area (Å²) in [7, 11) is 2.24. The topological polar surface area (TPSA) is 95.7 Å². The van der Waals surface area contributed by atoms with E-state index in [2.05, 4.69) is 0 Å². The lowest BCUT2D eigenvalue weighted by Crippen LogP contribution is -2.05. The minimum atomic E-state index is -4.24. The zero-order valence-corrected chi connectivity index (χ0v) is 11.1. The van der Waals surface area contributed by atoms with Gasteiger partial charge in [0, 0.05) is 16.7 Å². The highest BCUT2D eigenvalue weighted by Crippen LogP contribution is 2.42. The monoisotopic (exact) mass is 295 g/mol. The Hall–Kier alpha value is -1.54. The predicted molar refractivity (Wildman–Crippen MR) is 63.9 cm³/mol. The maximum atomic E-state index is 11.5. The van der Waals surface area contributed by atoms with E-state index in [1.165, 1.54) is 7.11 Å². The summed E-state index contributed by atoms with van der Waals surface area (Å²) in [4.78, 5) is 9.53. The third kappa shape index (κ3) is 2.82. The lowest BCUT2D eigenvalue weighted by Gasteiger charge is -2.11. The number of methoxy groups -OCH3 is 1. The molecule has 0 amide bonds. The van der Waals surface area contributed by atoms with Crippen LogP contribution in [0.3, 0.4) is 0 Å². The lowest BCUT2D eigenvalue weighted by molar-refractivity contribution is -0.386. The molecule has 0 saturated carbocycles. The van der Waals surface area contributed by atoms with E-state index in [9.17, 15) is 18.5 Å². The standard InChI is InChI=1S/C9H10ClNO6S/c1-3-17-8-6(11(12)13)4-5-7(16-2)9(8)18(10,14)15/h4-5H,3H2,1-2H3. The van der Waals surface area contributed by atoms with Crippen molar-refractivity contribution >= 4 is 25.4 Å². The second-order valence-electron chi connectivity index (χ2n) is 3.07. The predicted octanol–water partition coefficient (Wildman–Crippen LogP) is 1.93. The smallest absolute Gasteiger partial charge is 0.312 e. The van der Waals surface area contributed by atoms with Crippen LogP contribution in [0.4, 0.5) is 5.69 Å². The van der Waals surface area contributed by atoms with Gasteiger partial charge in [0.25, 0.3) is 9.05 Å². The van der Waals surface area contributed by atoms with E-state index < -0.39 is 30.3 Å². The molecule has 0 spiro atoms. The number of nitro benzene ring substituents is 1. The van der Waals surface area contributed by atoms with E-state index in [4.69, 9.17) is 20.2 Å². The fourth-order valence-corrected chi connectivity index (χ4v) is 2.57. The summed E-state index contributed by atoms with van der Waals surface area (Å²) < 4.78 is 32.8. The van der Waals surface area contributed by atoms with Gasteiger partial charge >= 0.3 is 5.69 Å². The highest BCUT2D eigenvalue weighted by Gasteiger charge is 2.30. The van der Waals surface area contributed by atoms with Gasteiger partial charge in [0.1, 0.15) is 5.75 Å². The van der Waals surface area contributed by atoms with Crippen LogP contribution < -0.4 is 9.47 Å². The van der Waals surface area contributed by atoms with Gasteiger partial charge < -0.3 is 9.47 Å². The molecule has 0 aliphatic carbocycles. The van der Waals surface area contributed by atoms with Crippen molar-refractivity contribution in [3.05, 3.63) is 22.2 Å². The molecule has 0 unspecified atom stereocenters. The van der Waals surface area contributed by atoms with Crippen molar-refractivity contribution < 1.29 is 22.8 Å². The SMILES string of the molecule is CCOc1c([N+](=O)[O-])ccc(OC)c1S(=O)(=O)Cl. The van der Waals surface area contributed by atoms with E-state index >= 15 is 0 Å². The van der Waals surface area contributed by atoms with Crippen LogP contribution >= 0.6 is 10.7 Å². The van der Waals surface area contributed by atoms with Crippen molar-refractivity contribution in [2.24, 2.45) is 0 Å². The second kappa shape index (κ2) is 5.40. The maximum Gasteiger partial charge on any atom is 0.312 e. The molecule has 7 nitrogen and oxygen atoms in total. The minimum absolute atomic E-state index is 0.0490. The molecule has 0 radical (unpaired) electrons. The van der Waals surface area contributed by atoms with Crippen LogP contribution in [-0.4, -0.2) is 27.1 Å². The molecule has 1 aromatic rings. The van der Waals surface area contributed by atoms with Crippen molar-refractivity contribution in [1.29, 1.82) is 0 Å². The van der Waals surface area contributed by atoms with Gasteiger partial charge in [-0.25, -0.2) is 8.42 Å². The summed E-state index contributed by atoms with van der Waals surface area (Å²) in [6.45, 7) is 1.61. The molecule has 0 saturated heterocycles. The van der Waals surface area contributed by atoms with E-state index in [1.54, 1.807) is 6.92 Å². The molecule has 18 heavy (non-hydrogen) atoms. The maximum absolute atomic E-state index is 11.5. The molecule has 0 fully saturated rings. The fourth-order valence-electron chi connectivity index (χ4n) is 1.35. The van der Waals surface area contributed by atoms with Gasteiger partial charge in [-0.05, 0) is 13.0 Å². The molecule has 0 aliphatic rings. The molecule has 0 heterocycles. The average Bonchev–Trinajstić information content (AvgIpc) is 2.26. The number of ether oxygens (including phenoxy) is 2. The van der Waals surface area contributed by atoms with Gasteiger partial charge in [-0.3, -0.25) is 10.1 Å². The highest BCUT2D eigenvalue weighted by atomic mass is 35.7. The van der Waals surface area contributed by atoms with Crippen LogP contribution in [0, 0.1) is 10.1 Å². The molecule has 0 N–H and O–H groups in total. The van der Waals surface area contributed by atoms with E-state index in [0.717, 1.165) is 12.1 Å². The summed E-state index contributed by atoms with van der Waals surface area (Å²) >= 11 is 0. The second-order valence-corrected chi connectivity index (χ2v) is 5.58. The zero-order valence-electron chi connectivity index (χ0n) is 9.54. The summed E-state index contributed by atoms with van der Waals surface area (Å²) in [6, 6.07) is 2.24. The molecule has 0 atom stereocenters. The zero-order chi connectivity index (χ0) is 13.9. The Balaban J connectivity index is 3.70. The van der Waals surface area contributed by atoms with Gasteiger partial charge in [-0.2, -0.15) is 0 Å². The van der Waals surface area contributed by atoms with Crippen LogP contribution in [0.25, 0.3) is 0 Å². The number of rotatable bonds is 5. The number of hydrogen-bond donors (Lipinski definition) is 0. The van der Waals surface area contributed by atoms with Crippen molar-refractivity contribution in [2.75, 3.05) is 13.7 Å². The summed E-state index contributed by atoms with van der Waals surface area (Å²) in [6.07, 6.45) is 0. The summed E-state index contributed by atoms with van der Waals surface area (Å²) in [5.74, 6) is -0.532. The van der Waals surface area contributed by atoms with Crippen LogP contribution in [-0.2, 0) is 9.05 Å². The molecule has 0 aliphatic heterocycles. The molecular weight excluding hydrogens is 286 g/mol. The number of benzene rings is 1. The summed E-state index contributed by atoms with van der Waals surface area (Å²) in [5, 5.41) is 10.8. The average molecular weight is 296 g/mol. The number of nitro groups is 1. The highest BCUT2D eigenvalue weighted by molar-refractivity contribution is 8.14. The van der Waals surface area contributed by atoms with Crippen molar-refractivity contribution in [3.8, 4) is 11.5 Å². The van der Waals surface area contributed by atoms with Crippen LogP contribution in [0.1, 0.15) is 6.92 Å². The Morgan fingerprint density at radius 2 is 2.06 bits per heavy atom. The summed E-state index contributed by atoms with van der Waals surface area (Å²) in [5.41, 5.74) is -0.489. The molecular formula is C9H10ClNO6S. The van der Waals surface area contributed by atoms with Crippen LogP contribution in [0.15, 0.2) is 17.0 Å².